The van der Waals surface area contributed by atoms with Gasteiger partial charge in [0.2, 0.25) is 0 Å². The lowest BCUT2D eigenvalue weighted by molar-refractivity contribution is -0.115. The van der Waals surface area contributed by atoms with Gasteiger partial charge < -0.3 is 25.0 Å². The maximum absolute atomic E-state index is 12.3. The third-order valence-electron chi connectivity index (χ3n) is 3.80. The molecule has 0 radical (unpaired) electrons. The number of phenolic OH excluding ortho intramolecular Hbond substituents is 1. The molecule has 28 heavy (non-hydrogen) atoms. The Morgan fingerprint density at radius 3 is 2.68 bits per heavy atom. The first-order chi connectivity index (χ1) is 13.4. The summed E-state index contributed by atoms with van der Waals surface area (Å²) in [5.41, 5.74) is 0.596. The number of ether oxygens (including phenoxy) is 2. The minimum absolute atomic E-state index is 0.119. The molecule has 2 aromatic rings. The van der Waals surface area contributed by atoms with E-state index in [9.17, 15) is 19.8 Å². The second kappa shape index (κ2) is 8.05. The van der Waals surface area contributed by atoms with Gasteiger partial charge in [0.1, 0.15) is 5.75 Å². The molecule has 0 bridgehead atoms. The van der Waals surface area contributed by atoms with Crippen LogP contribution >= 0.6 is 11.8 Å². The van der Waals surface area contributed by atoms with Crippen LogP contribution < -0.4 is 14.8 Å². The lowest BCUT2D eigenvalue weighted by Gasteiger charge is -2.10. The van der Waals surface area contributed by atoms with Gasteiger partial charge in [-0.3, -0.25) is 4.79 Å². The van der Waals surface area contributed by atoms with Crippen molar-refractivity contribution in [1.29, 1.82) is 0 Å². The Morgan fingerprint density at radius 2 is 2.00 bits per heavy atom. The highest BCUT2D eigenvalue weighted by atomic mass is 32.2. The number of carboxylic acid groups (broad SMARTS) is 1. The normalized spacial score (nSPS) is 16.3. The average Bonchev–Trinajstić information content (AvgIpc) is 3.01. The second-order valence-corrected chi connectivity index (χ2v) is 6.60. The van der Waals surface area contributed by atoms with E-state index < -0.39 is 5.97 Å². The van der Waals surface area contributed by atoms with Gasteiger partial charge in [-0.2, -0.15) is 0 Å². The van der Waals surface area contributed by atoms with Gasteiger partial charge in [0.15, 0.2) is 16.7 Å². The number of benzene rings is 2. The van der Waals surface area contributed by atoms with Crippen LogP contribution in [-0.2, 0) is 4.79 Å². The molecular formula is C19H16N2O6S. The van der Waals surface area contributed by atoms with E-state index in [1.54, 1.807) is 24.3 Å². The van der Waals surface area contributed by atoms with Crippen LogP contribution in [0, 0.1) is 0 Å². The van der Waals surface area contributed by atoms with Crippen molar-refractivity contribution >= 4 is 40.6 Å². The van der Waals surface area contributed by atoms with Crippen LogP contribution in [0.1, 0.15) is 15.9 Å². The highest BCUT2D eigenvalue weighted by molar-refractivity contribution is 8.18. The number of methoxy groups -OCH3 is 2. The molecule has 2 aromatic carbocycles. The molecule has 1 aliphatic heterocycles. The summed E-state index contributed by atoms with van der Waals surface area (Å²) in [6, 6.07) is 9.08. The van der Waals surface area contributed by atoms with E-state index in [1.807, 2.05) is 0 Å². The van der Waals surface area contributed by atoms with Gasteiger partial charge in [0, 0.05) is 5.56 Å². The number of aromatic carboxylic acids is 1. The number of nitrogens with one attached hydrogen (secondary N) is 1. The Balaban J connectivity index is 1.94. The molecule has 1 heterocycles. The number of amidine groups is 1. The highest BCUT2D eigenvalue weighted by Gasteiger charge is 2.25. The number of hydrogen-bond donors (Lipinski definition) is 3. The average molecular weight is 400 g/mol. The maximum Gasteiger partial charge on any atom is 0.338 e. The molecule has 0 aliphatic carbocycles. The summed E-state index contributed by atoms with van der Waals surface area (Å²) >= 11 is 1.06. The third-order valence-corrected chi connectivity index (χ3v) is 4.71. The second-order valence-electron chi connectivity index (χ2n) is 5.57. The Kier molecular flexibility index (Phi) is 5.55. The van der Waals surface area contributed by atoms with Crippen molar-refractivity contribution in [2.24, 2.45) is 4.99 Å². The predicted octanol–water partition coefficient (Wildman–Crippen LogP) is 3.00. The number of carbonyl (C=O) groups excluding carboxylic acids is 1. The molecule has 1 aliphatic rings. The fourth-order valence-electron chi connectivity index (χ4n) is 2.55. The Labute approximate surface area is 164 Å². The molecule has 1 saturated heterocycles. The zero-order valence-electron chi connectivity index (χ0n) is 14.9. The molecule has 1 fully saturated rings. The lowest BCUT2D eigenvalue weighted by atomic mass is 10.1. The zero-order chi connectivity index (χ0) is 20.3. The Bertz CT molecular complexity index is 1020. The molecule has 3 rings (SSSR count). The Hall–Kier alpha value is -3.46. The molecule has 3 N–H and O–H groups in total. The molecule has 0 aromatic heterocycles. The quantitative estimate of drug-likeness (QED) is 0.661. The molecule has 0 atom stereocenters. The number of para-hydroxylation sites is 1. The highest BCUT2D eigenvalue weighted by Crippen LogP contribution is 2.35. The maximum atomic E-state index is 12.3. The van der Waals surface area contributed by atoms with Gasteiger partial charge in [-0.15, -0.1) is 0 Å². The summed E-state index contributed by atoms with van der Waals surface area (Å²) in [5, 5.41) is 21.6. The Morgan fingerprint density at radius 1 is 1.21 bits per heavy atom. The first kappa shape index (κ1) is 19.3. The fraction of sp³-hybridized carbons (Fsp3) is 0.105. The summed E-state index contributed by atoms with van der Waals surface area (Å²) < 4.78 is 10.6. The van der Waals surface area contributed by atoms with Crippen LogP contribution in [0.4, 0.5) is 5.69 Å². The molecule has 1 amide bonds. The monoisotopic (exact) mass is 400 g/mol. The number of aromatic hydroxyl groups is 1. The number of aliphatic imine (C=N–C) groups is 1. The van der Waals surface area contributed by atoms with Crippen LogP contribution in [0.15, 0.2) is 46.3 Å². The minimum atomic E-state index is -1.23. The zero-order valence-corrected chi connectivity index (χ0v) is 15.7. The molecule has 8 nitrogen and oxygen atoms in total. The lowest BCUT2D eigenvalue weighted by Crippen LogP contribution is -2.19. The van der Waals surface area contributed by atoms with Gasteiger partial charge in [-0.1, -0.05) is 12.1 Å². The van der Waals surface area contributed by atoms with Crippen molar-refractivity contribution in [3.63, 3.8) is 0 Å². The number of hydrogen-bond acceptors (Lipinski definition) is 7. The van der Waals surface area contributed by atoms with Gasteiger partial charge >= 0.3 is 5.97 Å². The number of amides is 1. The summed E-state index contributed by atoms with van der Waals surface area (Å²) in [6.07, 6.45) is 1.64. The first-order valence-electron chi connectivity index (χ1n) is 8.00. The third kappa shape index (κ3) is 3.94. The van der Waals surface area contributed by atoms with Crippen LogP contribution in [-0.4, -0.2) is 41.5 Å². The van der Waals surface area contributed by atoms with Gasteiger partial charge in [-0.25, -0.2) is 9.79 Å². The van der Waals surface area contributed by atoms with Crippen LogP contribution in [0.2, 0.25) is 0 Å². The fourth-order valence-corrected chi connectivity index (χ4v) is 3.38. The molecular weight excluding hydrogens is 384 g/mol. The minimum Gasteiger partial charge on any atom is -0.508 e. The molecule has 0 unspecified atom stereocenters. The van der Waals surface area contributed by atoms with E-state index in [2.05, 4.69) is 10.3 Å². The van der Waals surface area contributed by atoms with E-state index >= 15 is 0 Å². The summed E-state index contributed by atoms with van der Waals surface area (Å²) in [5.74, 6) is -0.770. The molecule has 0 spiro atoms. The molecule has 144 valence electrons. The summed E-state index contributed by atoms with van der Waals surface area (Å²) in [7, 11) is 3.03. The van der Waals surface area contributed by atoms with Gasteiger partial charge in [0.05, 0.1) is 30.4 Å². The van der Waals surface area contributed by atoms with E-state index in [4.69, 9.17) is 9.47 Å². The van der Waals surface area contributed by atoms with E-state index in [-0.39, 0.29) is 28.1 Å². The number of nitrogens with zero attached hydrogens (tertiary/aromatic N) is 1. The summed E-state index contributed by atoms with van der Waals surface area (Å²) in [4.78, 5) is 28.2. The van der Waals surface area contributed by atoms with E-state index in [1.165, 1.54) is 26.4 Å². The molecule has 0 saturated carbocycles. The van der Waals surface area contributed by atoms with Crippen LogP contribution in [0.5, 0.6) is 17.2 Å². The van der Waals surface area contributed by atoms with Crippen molar-refractivity contribution in [3.8, 4) is 17.2 Å². The van der Waals surface area contributed by atoms with Crippen LogP contribution in [0.25, 0.3) is 6.08 Å². The van der Waals surface area contributed by atoms with Gasteiger partial charge in [-0.05, 0) is 42.1 Å². The van der Waals surface area contributed by atoms with Crippen molar-refractivity contribution in [1.82, 2.24) is 5.32 Å². The van der Waals surface area contributed by atoms with Crippen molar-refractivity contribution < 1.29 is 29.3 Å². The van der Waals surface area contributed by atoms with Gasteiger partial charge in [0.25, 0.3) is 5.91 Å². The smallest absolute Gasteiger partial charge is 0.338 e. The topological polar surface area (TPSA) is 117 Å². The number of rotatable bonds is 5. The van der Waals surface area contributed by atoms with Crippen LogP contribution in [0.3, 0.4) is 0 Å². The number of phenols is 1. The number of carbonyl (C=O) groups is 2. The van der Waals surface area contributed by atoms with Crippen molar-refractivity contribution in [2.75, 3.05) is 14.2 Å². The summed E-state index contributed by atoms with van der Waals surface area (Å²) in [6.45, 7) is 0. The predicted molar refractivity (Wildman–Crippen MR) is 105 cm³/mol. The van der Waals surface area contributed by atoms with Crippen molar-refractivity contribution in [3.05, 3.63) is 52.4 Å². The number of carboxylic acids is 1. The standard InChI is InChI=1S/C19H16N2O6S/c1-26-14-5-3-4-10(16(14)27-2)8-15-17(23)21-19(28-15)20-13-7-6-11(22)9-12(13)18(24)25/h3-9,22H,1-2H3,(H,24,25)(H,20,21,23)/b15-8-. The number of thioether (sulfide) groups is 1. The van der Waals surface area contributed by atoms with E-state index in [0.717, 1.165) is 17.8 Å². The van der Waals surface area contributed by atoms with Crippen molar-refractivity contribution in [2.45, 2.75) is 0 Å². The largest absolute Gasteiger partial charge is 0.508 e. The van der Waals surface area contributed by atoms with E-state index in [0.29, 0.717) is 22.0 Å². The SMILES string of the molecule is COc1cccc(/C=C2\SC(=Nc3ccc(O)cc3C(=O)O)NC2=O)c1OC. The first-order valence-corrected chi connectivity index (χ1v) is 8.81. The molecule has 9 heteroatoms.